The van der Waals surface area contributed by atoms with Gasteiger partial charge in [-0.1, -0.05) is 13.8 Å². The summed E-state index contributed by atoms with van der Waals surface area (Å²) in [6, 6.07) is 1.59. The van der Waals surface area contributed by atoms with Crippen LogP contribution in [0.15, 0.2) is 17.1 Å². The minimum atomic E-state index is -1.02. The maximum Gasteiger partial charge on any atom is 0.337 e. The first-order valence-corrected chi connectivity index (χ1v) is 9.37. The Labute approximate surface area is 153 Å². The van der Waals surface area contributed by atoms with E-state index in [-0.39, 0.29) is 11.3 Å². The molecular weight excluding hydrogens is 332 g/mol. The van der Waals surface area contributed by atoms with Crippen molar-refractivity contribution in [2.45, 2.75) is 46.2 Å². The molecule has 1 aliphatic heterocycles. The molecule has 1 N–H and O–H groups in total. The Kier molecular flexibility index (Phi) is 5.46. The van der Waals surface area contributed by atoms with E-state index in [9.17, 15) is 14.7 Å². The summed E-state index contributed by atoms with van der Waals surface area (Å²) in [4.78, 5) is 31.0. The van der Waals surface area contributed by atoms with Crippen molar-refractivity contribution in [2.24, 2.45) is 11.8 Å². The smallest absolute Gasteiger partial charge is 0.337 e. The molecule has 2 aromatic rings. The summed E-state index contributed by atoms with van der Waals surface area (Å²) in [6.07, 6.45) is 4.43. The highest BCUT2D eigenvalue weighted by Gasteiger charge is 2.22. The summed E-state index contributed by atoms with van der Waals surface area (Å²) in [5.74, 6) is -0.152. The van der Waals surface area contributed by atoms with Gasteiger partial charge in [-0.05, 0) is 50.8 Å². The molecule has 1 fully saturated rings. The van der Waals surface area contributed by atoms with E-state index in [0.29, 0.717) is 36.1 Å². The molecule has 0 saturated carbocycles. The predicted octanol–water partition coefficient (Wildman–Crippen LogP) is 2.28. The number of pyridine rings is 1. The van der Waals surface area contributed by atoms with Crippen LogP contribution >= 0.6 is 0 Å². The lowest BCUT2D eigenvalue weighted by molar-refractivity contribution is 0.0696. The Morgan fingerprint density at radius 2 is 2.15 bits per heavy atom. The zero-order chi connectivity index (χ0) is 18.8. The lowest BCUT2D eigenvalue weighted by atomic mass is 9.98. The minimum Gasteiger partial charge on any atom is -0.478 e. The van der Waals surface area contributed by atoms with Crippen molar-refractivity contribution in [3.63, 3.8) is 0 Å². The number of carboxylic acids is 1. The molecule has 142 valence electrons. The van der Waals surface area contributed by atoms with Crippen molar-refractivity contribution in [1.29, 1.82) is 0 Å². The molecule has 0 radical (unpaired) electrons. The van der Waals surface area contributed by atoms with Gasteiger partial charge in [0.2, 0.25) is 0 Å². The number of imidazole rings is 1. The van der Waals surface area contributed by atoms with Crippen LogP contribution in [0.4, 0.5) is 0 Å². The summed E-state index contributed by atoms with van der Waals surface area (Å²) in [6.45, 7) is 7.50. The van der Waals surface area contributed by atoms with Gasteiger partial charge in [-0.3, -0.25) is 9.13 Å². The molecule has 0 spiro atoms. The number of hydrogen-bond donors (Lipinski definition) is 1. The molecule has 2 aromatic heterocycles. The number of aromatic carboxylic acids is 1. The molecule has 3 rings (SSSR count). The van der Waals surface area contributed by atoms with Gasteiger partial charge < -0.3 is 10.0 Å². The van der Waals surface area contributed by atoms with E-state index in [0.717, 1.165) is 32.4 Å². The SMILES string of the molecule is CC(C)CCn1c(=O)n(CC2CCCN(C)C2)c2cc(C(=O)O)cnc21. The molecule has 0 aliphatic carbocycles. The van der Waals surface area contributed by atoms with Gasteiger partial charge in [0.1, 0.15) is 0 Å². The Bertz CT molecular complexity index is 852. The summed E-state index contributed by atoms with van der Waals surface area (Å²) in [5, 5.41) is 9.30. The van der Waals surface area contributed by atoms with Crippen LogP contribution in [-0.4, -0.2) is 50.2 Å². The van der Waals surface area contributed by atoms with Gasteiger partial charge in [0.15, 0.2) is 5.65 Å². The van der Waals surface area contributed by atoms with E-state index in [1.54, 1.807) is 15.2 Å². The quantitative estimate of drug-likeness (QED) is 0.855. The van der Waals surface area contributed by atoms with Crippen LogP contribution in [-0.2, 0) is 13.1 Å². The van der Waals surface area contributed by atoms with Crippen molar-refractivity contribution in [3.05, 3.63) is 28.3 Å². The normalized spacial score (nSPS) is 18.7. The summed E-state index contributed by atoms with van der Waals surface area (Å²) in [5.41, 5.74) is 1.26. The first kappa shape index (κ1) is 18.6. The van der Waals surface area contributed by atoms with Crippen molar-refractivity contribution in [1.82, 2.24) is 19.0 Å². The second-order valence-corrected chi connectivity index (χ2v) is 7.87. The van der Waals surface area contributed by atoms with Gasteiger partial charge in [-0.2, -0.15) is 0 Å². The van der Waals surface area contributed by atoms with E-state index in [4.69, 9.17) is 0 Å². The lowest BCUT2D eigenvalue weighted by Gasteiger charge is -2.29. The minimum absolute atomic E-state index is 0.0797. The number of piperidine rings is 1. The zero-order valence-electron chi connectivity index (χ0n) is 15.8. The zero-order valence-corrected chi connectivity index (χ0v) is 15.8. The highest BCUT2D eigenvalue weighted by Crippen LogP contribution is 2.20. The fraction of sp³-hybridized carbons (Fsp3) is 0.632. The van der Waals surface area contributed by atoms with E-state index in [2.05, 4.69) is 30.8 Å². The Balaban J connectivity index is 2.03. The van der Waals surface area contributed by atoms with E-state index < -0.39 is 5.97 Å². The average molecular weight is 360 g/mol. The van der Waals surface area contributed by atoms with Gasteiger partial charge in [0.25, 0.3) is 0 Å². The molecule has 1 saturated heterocycles. The van der Waals surface area contributed by atoms with Crippen LogP contribution in [0.3, 0.4) is 0 Å². The molecule has 1 unspecified atom stereocenters. The number of carboxylic acid groups (broad SMARTS) is 1. The molecule has 0 aromatic carbocycles. The fourth-order valence-electron chi connectivity index (χ4n) is 3.75. The fourth-order valence-corrected chi connectivity index (χ4v) is 3.75. The average Bonchev–Trinajstić information content (AvgIpc) is 2.84. The number of aryl methyl sites for hydroxylation is 1. The van der Waals surface area contributed by atoms with Crippen LogP contribution in [0.1, 0.15) is 43.5 Å². The number of likely N-dealkylation sites (tertiary alicyclic amines) is 1. The second-order valence-electron chi connectivity index (χ2n) is 7.87. The van der Waals surface area contributed by atoms with Crippen molar-refractivity contribution in [3.8, 4) is 0 Å². The summed E-state index contributed by atoms with van der Waals surface area (Å²) in [7, 11) is 2.10. The Hall–Kier alpha value is -2.15. The summed E-state index contributed by atoms with van der Waals surface area (Å²) >= 11 is 0. The molecule has 1 aliphatic rings. The summed E-state index contributed by atoms with van der Waals surface area (Å²) < 4.78 is 3.44. The number of hydrogen-bond acceptors (Lipinski definition) is 4. The molecule has 0 amide bonds. The molecule has 7 heteroatoms. The van der Waals surface area contributed by atoms with Crippen molar-refractivity contribution < 1.29 is 9.90 Å². The van der Waals surface area contributed by atoms with E-state index in [1.807, 2.05) is 0 Å². The van der Waals surface area contributed by atoms with Crippen LogP contribution < -0.4 is 5.69 Å². The topological polar surface area (TPSA) is 80.4 Å². The standard InChI is InChI=1S/C19H28N4O3/c1-13(2)6-8-22-17-16(9-15(10-20-17)18(24)25)23(19(22)26)12-14-5-4-7-21(3)11-14/h9-10,13-14H,4-8,11-12H2,1-3H3,(H,24,25). The molecule has 26 heavy (non-hydrogen) atoms. The molecule has 1 atom stereocenters. The third-order valence-electron chi connectivity index (χ3n) is 5.20. The van der Waals surface area contributed by atoms with E-state index >= 15 is 0 Å². The lowest BCUT2D eigenvalue weighted by Crippen LogP contribution is -2.36. The van der Waals surface area contributed by atoms with Crippen LogP contribution in [0, 0.1) is 11.8 Å². The highest BCUT2D eigenvalue weighted by molar-refractivity contribution is 5.90. The monoisotopic (exact) mass is 360 g/mol. The molecule has 7 nitrogen and oxygen atoms in total. The maximum atomic E-state index is 13.1. The third kappa shape index (κ3) is 3.82. The molecular formula is C19H28N4O3. The van der Waals surface area contributed by atoms with Crippen LogP contribution in [0.25, 0.3) is 11.2 Å². The molecule has 0 bridgehead atoms. The van der Waals surface area contributed by atoms with Gasteiger partial charge in [0, 0.05) is 25.8 Å². The maximum absolute atomic E-state index is 13.1. The Morgan fingerprint density at radius 1 is 1.38 bits per heavy atom. The van der Waals surface area contributed by atoms with Gasteiger partial charge >= 0.3 is 11.7 Å². The first-order chi connectivity index (χ1) is 12.4. The third-order valence-corrected chi connectivity index (χ3v) is 5.20. The van der Waals surface area contributed by atoms with Gasteiger partial charge in [-0.15, -0.1) is 0 Å². The van der Waals surface area contributed by atoms with Crippen LogP contribution in [0.5, 0.6) is 0 Å². The largest absolute Gasteiger partial charge is 0.478 e. The van der Waals surface area contributed by atoms with Crippen molar-refractivity contribution >= 4 is 17.1 Å². The molecule has 3 heterocycles. The predicted molar refractivity (Wildman–Crippen MR) is 101 cm³/mol. The number of aromatic nitrogens is 3. The number of carbonyl (C=O) groups is 1. The Morgan fingerprint density at radius 3 is 2.81 bits per heavy atom. The first-order valence-electron chi connectivity index (χ1n) is 9.37. The van der Waals surface area contributed by atoms with E-state index in [1.165, 1.54) is 6.20 Å². The number of fused-ring (bicyclic) bond motifs is 1. The van der Waals surface area contributed by atoms with Gasteiger partial charge in [-0.25, -0.2) is 14.6 Å². The van der Waals surface area contributed by atoms with Crippen molar-refractivity contribution in [2.75, 3.05) is 20.1 Å². The van der Waals surface area contributed by atoms with Crippen LogP contribution in [0.2, 0.25) is 0 Å². The van der Waals surface area contributed by atoms with Gasteiger partial charge in [0.05, 0.1) is 11.1 Å². The highest BCUT2D eigenvalue weighted by atomic mass is 16.4. The number of nitrogens with zero attached hydrogens (tertiary/aromatic N) is 4. The second kappa shape index (κ2) is 7.61. The number of rotatable bonds is 6.